The van der Waals surface area contributed by atoms with E-state index in [1.165, 1.54) is 0 Å². The fourth-order valence-electron chi connectivity index (χ4n) is 1.88. The lowest BCUT2D eigenvalue weighted by Crippen LogP contribution is -2.02. The molecular formula is C13H13ClN6. The predicted octanol–water partition coefficient (Wildman–Crippen LogP) is 3.10. The Balaban J connectivity index is 2.07. The maximum atomic E-state index is 6.23. The van der Waals surface area contributed by atoms with Gasteiger partial charge in [-0.05, 0) is 24.6 Å². The molecule has 0 unspecified atom stereocenters. The van der Waals surface area contributed by atoms with Gasteiger partial charge in [-0.2, -0.15) is 9.97 Å². The molecular weight excluding hydrogens is 276 g/mol. The van der Waals surface area contributed by atoms with Crippen molar-refractivity contribution >= 4 is 40.2 Å². The van der Waals surface area contributed by atoms with E-state index in [1.54, 1.807) is 13.4 Å². The van der Waals surface area contributed by atoms with E-state index in [-0.39, 0.29) is 0 Å². The van der Waals surface area contributed by atoms with Crippen LogP contribution < -0.4 is 10.6 Å². The van der Waals surface area contributed by atoms with Gasteiger partial charge in [-0.25, -0.2) is 4.98 Å². The Bertz CT molecular complexity index is 767. The second-order valence-electron chi connectivity index (χ2n) is 4.36. The zero-order valence-corrected chi connectivity index (χ0v) is 11.8. The Morgan fingerprint density at radius 3 is 2.85 bits per heavy atom. The largest absolute Gasteiger partial charge is 0.357 e. The molecule has 7 heteroatoms. The summed E-state index contributed by atoms with van der Waals surface area (Å²) in [6, 6.07) is 5.80. The van der Waals surface area contributed by atoms with E-state index in [2.05, 4.69) is 30.6 Å². The summed E-state index contributed by atoms with van der Waals surface area (Å²) < 4.78 is 0. The van der Waals surface area contributed by atoms with Crippen LogP contribution in [-0.2, 0) is 0 Å². The molecule has 0 aliphatic rings. The third-order valence-electron chi connectivity index (χ3n) is 2.89. The summed E-state index contributed by atoms with van der Waals surface area (Å²) in [6.07, 6.45) is 1.58. The van der Waals surface area contributed by atoms with Crippen molar-refractivity contribution in [3.63, 3.8) is 0 Å². The minimum absolute atomic E-state index is 0.496. The van der Waals surface area contributed by atoms with Crippen LogP contribution in [0.2, 0.25) is 5.02 Å². The topological polar surface area (TPSA) is 78.5 Å². The van der Waals surface area contributed by atoms with Gasteiger partial charge in [0.1, 0.15) is 5.52 Å². The fraction of sp³-hybridized carbons (Fsp3) is 0.154. The van der Waals surface area contributed by atoms with Gasteiger partial charge in [-0.3, -0.25) is 0 Å². The monoisotopic (exact) mass is 288 g/mol. The van der Waals surface area contributed by atoms with Gasteiger partial charge in [0, 0.05) is 7.05 Å². The number of hydrogen-bond donors (Lipinski definition) is 3. The Morgan fingerprint density at radius 2 is 2.10 bits per heavy atom. The molecule has 1 aromatic carbocycles. The molecule has 0 aliphatic heterocycles. The number of anilines is 3. The minimum atomic E-state index is 0.496. The molecule has 0 aliphatic carbocycles. The summed E-state index contributed by atoms with van der Waals surface area (Å²) in [6.45, 7) is 1.99. The van der Waals surface area contributed by atoms with Gasteiger partial charge >= 0.3 is 0 Å². The molecule has 2 aromatic heterocycles. The lowest BCUT2D eigenvalue weighted by Gasteiger charge is -2.10. The number of hydrogen-bond acceptors (Lipinski definition) is 5. The minimum Gasteiger partial charge on any atom is -0.357 e. The molecule has 0 atom stereocenters. The number of nitrogens with zero attached hydrogens (tertiary/aromatic N) is 3. The van der Waals surface area contributed by atoms with Crippen molar-refractivity contribution in [1.29, 1.82) is 0 Å². The number of H-pyrrole nitrogens is 1. The molecule has 3 rings (SSSR count). The maximum absolute atomic E-state index is 6.23. The highest BCUT2D eigenvalue weighted by atomic mass is 35.5. The van der Waals surface area contributed by atoms with Gasteiger partial charge in [0.25, 0.3) is 0 Å². The molecule has 0 saturated heterocycles. The maximum Gasteiger partial charge on any atom is 0.226 e. The van der Waals surface area contributed by atoms with E-state index in [0.29, 0.717) is 22.4 Å². The first-order valence-electron chi connectivity index (χ1n) is 6.09. The zero-order chi connectivity index (χ0) is 14.1. The van der Waals surface area contributed by atoms with E-state index >= 15 is 0 Å². The standard InChI is InChI=1S/C13H13ClN6/c1-7-3-4-9(8(14)5-7)18-12-10-11(17-6-16-10)19-13(15-2)20-12/h3-6H,1-2H3,(H3,15,16,17,18,19,20). The number of rotatable bonds is 3. The quantitative estimate of drug-likeness (QED) is 0.690. The van der Waals surface area contributed by atoms with Crippen LogP contribution in [0.1, 0.15) is 5.56 Å². The van der Waals surface area contributed by atoms with Gasteiger partial charge < -0.3 is 15.6 Å². The number of imidazole rings is 1. The molecule has 6 nitrogen and oxygen atoms in total. The highest BCUT2D eigenvalue weighted by Crippen LogP contribution is 2.28. The van der Waals surface area contributed by atoms with Gasteiger partial charge in [0.2, 0.25) is 5.95 Å². The third kappa shape index (κ3) is 2.25. The van der Waals surface area contributed by atoms with Crippen LogP contribution in [0.25, 0.3) is 11.2 Å². The molecule has 0 fully saturated rings. The number of halogens is 1. The Hall–Kier alpha value is -2.34. The van der Waals surface area contributed by atoms with Crippen molar-refractivity contribution in [1.82, 2.24) is 19.9 Å². The molecule has 2 heterocycles. The average Bonchev–Trinajstić information content (AvgIpc) is 2.90. The fourth-order valence-corrected chi connectivity index (χ4v) is 2.17. The highest BCUT2D eigenvalue weighted by Gasteiger charge is 2.10. The number of benzene rings is 1. The molecule has 0 bridgehead atoms. The first kappa shape index (κ1) is 12.7. The van der Waals surface area contributed by atoms with Crippen LogP contribution in [0, 0.1) is 6.92 Å². The Morgan fingerprint density at radius 1 is 1.25 bits per heavy atom. The summed E-state index contributed by atoms with van der Waals surface area (Å²) >= 11 is 6.23. The first-order chi connectivity index (χ1) is 9.67. The second-order valence-corrected chi connectivity index (χ2v) is 4.76. The van der Waals surface area contributed by atoms with Gasteiger partial charge in [-0.1, -0.05) is 17.7 Å². The third-order valence-corrected chi connectivity index (χ3v) is 3.20. The molecule has 0 spiro atoms. The predicted molar refractivity (Wildman–Crippen MR) is 80.7 cm³/mol. The number of fused-ring (bicyclic) bond motifs is 1. The summed E-state index contributed by atoms with van der Waals surface area (Å²) in [5.41, 5.74) is 3.22. The lowest BCUT2D eigenvalue weighted by molar-refractivity contribution is 1.18. The van der Waals surface area contributed by atoms with Crippen LogP contribution >= 0.6 is 11.6 Å². The second kappa shape index (κ2) is 4.97. The molecule has 3 aromatic rings. The van der Waals surface area contributed by atoms with Crippen LogP contribution in [0.5, 0.6) is 0 Å². The highest BCUT2D eigenvalue weighted by molar-refractivity contribution is 6.33. The van der Waals surface area contributed by atoms with Crippen molar-refractivity contribution in [3.05, 3.63) is 35.1 Å². The van der Waals surface area contributed by atoms with Crippen molar-refractivity contribution in [2.24, 2.45) is 0 Å². The number of nitrogens with one attached hydrogen (secondary N) is 3. The molecule has 3 N–H and O–H groups in total. The summed E-state index contributed by atoms with van der Waals surface area (Å²) in [5.74, 6) is 1.12. The molecule has 20 heavy (non-hydrogen) atoms. The number of aryl methyl sites for hydroxylation is 1. The van der Waals surface area contributed by atoms with E-state index in [0.717, 1.165) is 16.8 Å². The first-order valence-corrected chi connectivity index (χ1v) is 6.47. The number of aromatic amines is 1. The summed E-state index contributed by atoms with van der Waals surface area (Å²) in [5, 5.41) is 6.76. The van der Waals surface area contributed by atoms with Crippen molar-refractivity contribution in [3.8, 4) is 0 Å². The van der Waals surface area contributed by atoms with Gasteiger partial charge in [0.05, 0.1) is 17.0 Å². The van der Waals surface area contributed by atoms with Gasteiger partial charge in [-0.15, -0.1) is 0 Å². The zero-order valence-electron chi connectivity index (χ0n) is 11.0. The molecule has 0 saturated carbocycles. The smallest absolute Gasteiger partial charge is 0.226 e. The molecule has 0 radical (unpaired) electrons. The lowest BCUT2D eigenvalue weighted by atomic mass is 10.2. The van der Waals surface area contributed by atoms with Crippen LogP contribution in [0.15, 0.2) is 24.5 Å². The molecule has 0 amide bonds. The van der Waals surface area contributed by atoms with Crippen LogP contribution in [0.3, 0.4) is 0 Å². The average molecular weight is 289 g/mol. The normalized spacial score (nSPS) is 10.8. The van der Waals surface area contributed by atoms with E-state index in [4.69, 9.17) is 11.6 Å². The van der Waals surface area contributed by atoms with Crippen LogP contribution in [0.4, 0.5) is 17.5 Å². The summed E-state index contributed by atoms with van der Waals surface area (Å²) in [7, 11) is 1.76. The molecule has 102 valence electrons. The van der Waals surface area contributed by atoms with E-state index in [1.807, 2.05) is 25.1 Å². The summed E-state index contributed by atoms with van der Waals surface area (Å²) in [4.78, 5) is 15.8. The van der Waals surface area contributed by atoms with Crippen molar-refractivity contribution < 1.29 is 0 Å². The van der Waals surface area contributed by atoms with E-state index < -0.39 is 0 Å². The van der Waals surface area contributed by atoms with Crippen molar-refractivity contribution in [2.75, 3.05) is 17.7 Å². The Labute approximate surface area is 120 Å². The van der Waals surface area contributed by atoms with Gasteiger partial charge in [0.15, 0.2) is 11.5 Å². The van der Waals surface area contributed by atoms with E-state index in [9.17, 15) is 0 Å². The SMILES string of the molecule is CNc1nc(Nc2ccc(C)cc2Cl)c2[nH]cnc2n1. The van der Waals surface area contributed by atoms with Crippen LogP contribution in [-0.4, -0.2) is 27.0 Å². The van der Waals surface area contributed by atoms with Crippen molar-refractivity contribution in [2.45, 2.75) is 6.92 Å². The number of aromatic nitrogens is 4. The Kier molecular flexibility index (Phi) is 3.15.